The highest BCUT2D eigenvalue weighted by Gasteiger charge is 2.40. The molecule has 2 saturated carbocycles. The first-order chi connectivity index (χ1) is 14.3. The summed E-state index contributed by atoms with van der Waals surface area (Å²) in [6.07, 6.45) is -0.293. The van der Waals surface area contributed by atoms with Crippen molar-refractivity contribution in [3.05, 3.63) is 17.5 Å². The molecule has 0 amide bonds. The first-order valence-corrected chi connectivity index (χ1v) is 10.1. The number of anilines is 3. The van der Waals surface area contributed by atoms with Crippen molar-refractivity contribution in [2.24, 2.45) is 5.92 Å². The number of halogens is 3. The largest absolute Gasteiger partial charge is 0.487 e. The van der Waals surface area contributed by atoms with Gasteiger partial charge in [0.2, 0.25) is 5.95 Å². The number of fused-ring (bicyclic) bond motifs is 4. The van der Waals surface area contributed by atoms with Gasteiger partial charge in [-0.25, -0.2) is 9.67 Å². The second kappa shape index (κ2) is 7.00. The lowest BCUT2D eigenvalue weighted by Crippen LogP contribution is -2.42. The Balaban J connectivity index is 1.55. The van der Waals surface area contributed by atoms with Crippen LogP contribution in [0.15, 0.2) is 6.20 Å². The van der Waals surface area contributed by atoms with Crippen LogP contribution < -0.4 is 15.4 Å². The van der Waals surface area contributed by atoms with E-state index in [1.165, 1.54) is 0 Å². The number of methoxy groups -OCH3 is 1. The summed E-state index contributed by atoms with van der Waals surface area (Å²) in [5, 5.41) is 10.7. The Kier molecular flexibility index (Phi) is 4.53. The lowest BCUT2D eigenvalue weighted by molar-refractivity contribution is -0.137. The predicted molar refractivity (Wildman–Crippen MR) is 102 cm³/mol. The highest BCUT2D eigenvalue weighted by Crippen LogP contribution is 2.43. The van der Waals surface area contributed by atoms with Crippen LogP contribution >= 0.6 is 0 Å². The zero-order valence-corrected chi connectivity index (χ0v) is 16.7. The van der Waals surface area contributed by atoms with Gasteiger partial charge in [0.1, 0.15) is 17.1 Å². The molecule has 5 rings (SSSR count). The van der Waals surface area contributed by atoms with Gasteiger partial charge in [0.15, 0.2) is 11.6 Å². The van der Waals surface area contributed by atoms with Crippen LogP contribution in [0.2, 0.25) is 0 Å². The molecule has 0 spiro atoms. The first-order valence-electron chi connectivity index (χ1n) is 10.1. The summed E-state index contributed by atoms with van der Waals surface area (Å²) >= 11 is 0. The van der Waals surface area contributed by atoms with E-state index < -0.39 is 11.7 Å². The molecule has 2 aromatic heterocycles. The van der Waals surface area contributed by atoms with Crippen molar-refractivity contribution in [3.8, 4) is 5.75 Å². The minimum Gasteiger partial charge on any atom is -0.487 e. The highest BCUT2D eigenvalue weighted by atomic mass is 19.4. The van der Waals surface area contributed by atoms with E-state index in [9.17, 15) is 13.2 Å². The SMILES string of the molecule is COC1CC(n2nc(C)c3c2Nc2ncc(C(F)(F)F)c(n2)N[C@@H]2CC[C@H]2CO3)C1. The molecule has 2 atom stereocenters. The van der Waals surface area contributed by atoms with Crippen molar-refractivity contribution >= 4 is 17.6 Å². The molecule has 30 heavy (non-hydrogen) atoms. The van der Waals surface area contributed by atoms with Crippen LogP contribution in [-0.2, 0) is 10.9 Å². The standard InChI is InChI=1S/C19H23F3N6O2/c1-9-15-17(28(27-9)11-5-12(6-11)29-2)26-18-23-7-13(19(20,21)22)16(25-18)24-14-4-3-10(14)8-30-15/h7,10-12,14H,3-6,8H2,1-2H3,(H2,23,24,25,26)/t10-,11?,12?,14+/m0/s1. The minimum absolute atomic E-state index is 0.0666. The number of ether oxygens (including phenoxy) is 2. The van der Waals surface area contributed by atoms with Crippen molar-refractivity contribution in [1.29, 1.82) is 0 Å². The number of rotatable bonds is 2. The molecular formula is C19H23F3N6O2. The fourth-order valence-electron chi connectivity index (χ4n) is 4.20. The molecule has 2 fully saturated rings. The molecule has 0 aromatic carbocycles. The molecule has 2 aromatic rings. The van der Waals surface area contributed by atoms with Crippen LogP contribution in [-0.4, -0.2) is 45.6 Å². The minimum atomic E-state index is -4.54. The third-order valence-electron chi connectivity index (χ3n) is 6.29. The summed E-state index contributed by atoms with van der Waals surface area (Å²) in [5.41, 5.74) is -0.153. The van der Waals surface area contributed by atoms with Crippen molar-refractivity contribution < 1.29 is 22.6 Å². The predicted octanol–water partition coefficient (Wildman–Crippen LogP) is 3.68. The molecule has 2 bridgehead atoms. The van der Waals surface area contributed by atoms with E-state index in [-0.39, 0.29) is 35.9 Å². The highest BCUT2D eigenvalue weighted by molar-refractivity contribution is 5.62. The maximum atomic E-state index is 13.5. The van der Waals surface area contributed by atoms with Gasteiger partial charge in [0.05, 0.1) is 18.8 Å². The van der Waals surface area contributed by atoms with Gasteiger partial charge in [-0.15, -0.1) is 0 Å². The summed E-state index contributed by atoms with van der Waals surface area (Å²) in [6, 6.07) is -0.0121. The molecule has 0 saturated heterocycles. The topological polar surface area (TPSA) is 86.1 Å². The Morgan fingerprint density at radius 2 is 2.07 bits per heavy atom. The number of aryl methyl sites for hydroxylation is 1. The summed E-state index contributed by atoms with van der Waals surface area (Å²) in [5.74, 6) is 1.12. The third kappa shape index (κ3) is 3.24. The van der Waals surface area contributed by atoms with E-state index in [1.54, 1.807) is 7.11 Å². The number of nitrogens with one attached hydrogen (secondary N) is 2. The number of nitrogens with zero attached hydrogens (tertiary/aromatic N) is 4. The molecule has 0 radical (unpaired) electrons. The molecular weight excluding hydrogens is 401 g/mol. The average Bonchev–Trinajstić information content (AvgIpc) is 2.92. The van der Waals surface area contributed by atoms with Gasteiger partial charge in [0.25, 0.3) is 0 Å². The molecule has 8 nitrogen and oxygen atoms in total. The summed E-state index contributed by atoms with van der Waals surface area (Å²) in [4.78, 5) is 8.09. The molecule has 2 N–H and O–H groups in total. The lowest BCUT2D eigenvalue weighted by Gasteiger charge is -2.37. The molecule has 162 valence electrons. The molecule has 3 aliphatic rings. The van der Waals surface area contributed by atoms with Crippen LogP contribution in [0.3, 0.4) is 0 Å². The van der Waals surface area contributed by atoms with Gasteiger partial charge in [-0.1, -0.05) is 0 Å². The molecule has 1 aliphatic heterocycles. The maximum Gasteiger partial charge on any atom is 0.421 e. The van der Waals surface area contributed by atoms with E-state index in [4.69, 9.17) is 9.47 Å². The van der Waals surface area contributed by atoms with E-state index in [1.807, 2.05) is 11.6 Å². The quantitative estimate of drug-likeness (QED) is 0.761. The summed E-state index contributed by atoms with van der Waals surface area (Å²) < 4.78 is 53.7. The summed E-state index contributed by atoms with van der Waals surface area (Å²) in [6.45, 7) is 2.26. The Morgan fingerprint density at radius 3 is 2.73 bits per heavy atom. The fourth-order valence-corrected chi connectivity index (χ4v) is 4.20. The number of aromatic nitrogens is 4. The van der Waals surface area contributed by atoms with Crippen molar-refractivity contribution in [2.75, 3.05) is 24.4 Å². The number of alkyl halides is 3. The number of hydrogen-bond donors (Lipinski definition) is 2. The van der Waals surface area contributed by atoms with E-state index in [0.29, 0.717) is 23.9 Å². The Labute approximate surface area is 171 Å². The van der Waals surface area contributed by atoms with Crippen LogP contribution in [0.1, 0.15) is 43.0 Å². The van der Waals surface area contributed by atoms with Crippen molar-refractivity contribution in [2.45, 2.75) is 57.0 Å². The van der Waals surface area contributed by atoms with Gasteiger partial charge in [0, 0.05) is 25.3 Å². The van der Waals surface area contributed by atoms with Crippen molar-refractivity contribution in [3.63, 3.8) is 0 Å². The fraction of sp³-hybridized carbons (Fsp3) is 0.632. The van der Waals surface area contributed by atoms with Crippen LogP contribution in [0.5, 0.6) is 5.75 Å². The zero-order valence-electron chi connectivity index (χ0n) is 16.7. The Bertz CT molecular complexity index is 956. The third-order valence-corrected chi connectivity index (χ3v) is 6.29. The first kappa shape index (κ1) is 19.4. The maximum absolute atomic E-state index is 13.5. The van der Waals surface area contributed by atoms with Gasteiger partial charge in [-0.05, 0) is 32.6 Å². The van der Waals surface area contributed by atoms with Crippen LogP contribution in [0.4, 0.5) is 30.8 Å². The molecule has 3 heterocycles. The zero-order chi connectivity index (χ0) is 21.0. The molecule has 0 unspecified atom stereocenters. The van der Waals surface area contributed by atoms with E-state index >= 15 is 0 Å². The van der Waals surface area contributed by atoms with E-state index in [2.05, 4.69) is 25.7 Å². The van der Waals surface area contributed by atoms with Gasteiger partial charge in [-0.2, -0.15) is 23.3 Å². The van der Waals surface area contributed by atoms with Crippen molar-refractivity contribution in [1.82, 2.24) is 19.7 Å². The van der Waals surface area contributed by atoms with Gasteiger partial charge < -0.3 is 20.1 Å². The van der Waals surface area contributed by atoms with E-state index in [0.717, 1.165) is 31.9 Å². The average molecular weight is 424 g/mol. The Morgan fingerprint density at radius 1 is 1.27 bits per heavy atom. The smallest absolute Gasteiger partial charge is 0.421 e. The normalized spacial score (nSPS) is 27.8. The molecule has 11 heteroatoms. The van der Waals surface area contributed by atoms with Crippen LogP contribution in [0.25, 0.3) is 0 Å². The van der Waals surface area contributed by atoms with Gasteiger partial charge >= 0.3 is 6.18 Å². The molecule has 2 aliphatic carbocycles. The Hall–Kier alpha value is -2.56. The monoisotopic (exact) mass is 424 g/mol. The lowest BCUT2D eigenvalue weighted by atomic mass is 9.80. The second-order valence-electron chi connectivity index (χ2n) is 8.17. The van der Waals surface area contributed by atoms with Gasteiger partial charge in [-0.3, -0.25) is 0 Å². The summed E-state index contributed by atoms with van der Waals surface area (Å²) in [7, 11) is 1.68. The van der Waals surface area contributed by atoms with Crippen LogP contribution in [0, 0.1) is 12.8 Å². The number of hydrogen-bond acceptors (Lipinski definition) is 7. The second-order valence-corrected chi connectivity index (χ2v) is 8.17.